The van der Waals surface area contributed by atoms with Crippen LogP contribution in [0.15, 0.2) is 54.0 Å². The highest BCUT2D eigenvalue weighted by molar-refractivity contribution is 7.09. The van der Waals surface area contributed by atoms with Gasteiger partial charge in [-0.3, -0.25) is 19.9 Å². The van der Waals surface area contributed by atoms with Crippen molar-refractivity contribution in [3.63, 3.8) is 0 Å². The molecular formula is C18H13FN4O3S. The first-order chi connectivity index (χ1) is 13.0. The van der Waals surface area contributed by atoms with Gasteiger partial charge in [0.1, 0.15) is 12.0 Å². The standard InChI is InChI=1S/C18H13FN4O3S/c19-14-6-5-11(23(25)26)9-15(14)21-17-16-13(4-1-7-20-16)18(24)22(17)10-12-3-2-8-27-12/h1-9,17,21H,10H2/t17-/m0/s1. The van der Waals surface area contributed by atoms with Crippen molar-refractivity contribution in [2.45, 2.75) is 12.7 Å². The van der Waals surface area contributed by atoms with Crippen molar-refractivity contribution in [3.8, 4) is 0 Å². The Bertz CT molecular complexity index is 1030. The lowest BCUT2D eigenvalue weighted by Crippen LogP contribution is -2.32. The summed E-state index contributed by atoms with van der Waals surface area (Å²) in [5.41, 5.74) is 0.591. The summed E-state index contributed by atoms with van der Waals surface area (Å²) in [4.78, 5) is 30.0. The van der Waals surface area contributed by atoms with Gasteiger partial charge >= 0.3 is 0 Å². The number of halogens is 1. The molecule has 1 aromatic carbocycles. The van der Waals surface area contributed by atoms with Crippen LogP contribution in [0.3, 0.4) is 0 Å². The number of hydrogen-bond donors (Lipinski definition) is 1. The fourth-order valence-electron chi connectivity index (χ4n) is 3.00. The molecule has 1 atom stereocenters. The van der Waals surface area contributed by atoms with Crippen LogP contribution in [0.2, 0.25) is 0 Å². The molecule has 0 radical (unpaired) electrons. The van der Waals surface area contributed by atoms with Gasteiger partial charge in [0.05, 0.1) is 28.4 Å². The number of nitro benzene ring substituents is 1. The van der Waals surface area contributed by atoms with E-state index in [2.05, 4.69) is 10.3 Å². The van der Waals surface area contributed by atoms with E-state index >= 15 is 0 Å². The van der Waals surface area contributed by atoms with Gasteiger partial charge in [0.25, 0.3) is 11.6 Å². The second-order valence-corrected chi connectivity index (χ2v) is 6.95. The van der Waals surface area contributed by atoms with Crippen LogP contribution in [-0.2, 0) is 6.54 Å². The highest BCUT2D eigenvalue weighted by atomic mass is 32.1. The van der Waals surface area contributed by atoms with E-state index in [0.717, 1.165) is 23.1 Å². The number of nitrogens with one attached hydrogen (secondary N) is 1. The fraction of sp³-hybridized carbons (Fsp3) is 0.111. The Morgan fingerprint density at radius 1 is 1.30 bits per heavy atom. The molecule has 0 unspecified atom stereocenters. The highest BCUT2D eigenvalue weighted by Crippen LogP contribution is 2.36. The van der Waals surface area contributed by atoms with Crippen molar-refractivity contribution < 1.29 is 14.1 Å². The Hall–Kier alpha value is -3.33. The third kappa shape index (κ3) is 3.13. The lowest BCUT2D eigenvalue weighted by Gasteiger charge is -2.26. The van der Waals surface area contributed by atoms with Crippen LogP contribution in [0.5, 0.6) is 0 Å². The third-order valence-electron chi connectivity index (χ3n) is 4.26. The maximum absolute atomic E-state index is 14.3. The minimum atomic E-state index is -0.729. The van der Waals surface area contributed by atoms with E-state index < -0.39 is 16.9 Å². The van der Waals surface area contributed by atoms with Gasteiger partial charge in [-0.25, -0.2) is 4.39 Å². The minimum Gasteiger partial charge on any atom is -0.357 e. The molecule has 1 N–H and O–H groups in total. The third-order valence-corrected chi connectivity index (χ3v) is 5.12. The Kier molecular flexibility index (Phi) is 4.28. The van der Waals surface area contributed by atoms with E-state index in [1.54, 1.807) is 23.2 Å². The molecule has 7 nitrogen and oxygen atoms in total. The first-order valence-corrected chi connectivity index (χ1v) is 8.91. The molecule has 0 bridgehead atoms. The van der Waals surface area contributed by atoms with Gasteiger partial charge < -0.3 is 10.2 Å². The molecule has 1 aliphatic rings. The first kappa shape index (κ1) is 17.1. The minimum absolute atomic E-state index is 0.0586. The molecule has 0 aliphatic carbocycles. The van der Waals surface area contributed by atoms with Crippen molar-refractivity contribution >= 4 is 28.6 Å². The van der Waals surface area contributed by atoms with Crippen molar-refractivity contribution in [1.82, 2.24) is 9.88 Å². The summed E-state index contributed by atoms with van der Waals surface area (Å²) >= 11 is 1.50. The molecule has 0 spiro atoms. The number of carbonyl (C=O) groups excluding carboxylic acids is 1. The predicted molar refractivity (Wildman–Crippen MR) is 97.8 cm³/mol. The molecule has 3 heterocycles. The number of pyridine rings is 1. The number of anilines is 1. The second kappa shape index (κ2) is 6.76. The zero-order chi connectivity index (χ0) is 19.0. The average Bonchev–Trinajstić information content (AvgIpc) is 3.26. The van der Waals surface area contributed by atoms with Crippen molar-refractivity contribution in [1.29, 1.82) is 0 Å². The molecule has 136 valence electrons. The Balaban J connectivity index is 1.73. The number of carbonyl (C=O) groups is 1. The van der Waals surface area contributed by atoms with Crippen LogP contribution in [0.4, 0.5) is 15.8 Å². The van der Waals surface area contributed by atoms with Crippen LogP contribution in [0.1, 0.15) is 27.1 Å². The fourth-order valence-corrected chi connectivity index (χ4v) is 3.70. The summed E-state index contributed by atoms with van der Waals surface area (Å²) in [6.45, 7) is 0.321. The summed E-state index contributed by atoms with van der Waals surface area (Å²) in [5, 5.41) is 15.8. The lowest BCUT2D eigenvalue weighted by molar-refractivity contribution is -0.384. The van der Waals surface area contributed by atoms with E-state index in [1.165, 1.54) is 11.3 Å². The van der Waals surface area contributed by atoms with E-state index in [0.29, 0.717) is 17.8 Å². The van der Waals surface area contributed by atoms with Crippen molar-refractivity contribution in [2.24, 2.45) is 0 Å². The molecular weight excluding hydrogens is 371 g/mol. The number of thiophene rings is 1. The normalized spacial score (nSPS) is 15.7. The maximum Gasteiger partial charge on any atom is 0.271 e. The number of hydrogen-bond acceptors (Lipinski definition) is 6. The molecule has 1 amide bonds. The Morgan fingerprint density at radius 2 is 2.15 bits per heavy atom. The number of nitro groups is 1. The lowest BCUT2D eigenvalue weighted by atomic mass is 10.2. The van der Waals surface area contributed by atoms with Gasteiger partial charge in [-0.05, 0) is 29.6 Å². The number of amides is 1. The number of nitrogens with zero attached hydrogens (tertiary/aromatic N) is 3. The number of rotatable bonds is 5. The molecule has 2 aromatic heterocycles. The summed E-state index contributed by atoms with van der Waals surface area (Å²) in [6, 6.07) is 10.3. The van der Waals surface area contributed by atoms with Crippen LogP contribution in [0, 0.1) is 15.9 Å². The van der Waals surface area contributed by atoms with Gasteiger partial charge in [-0.2, -0.15) is 0 Å². The van der Waals surface area contributed by atoms with Crippen LogP contribution < -0.4 is 5.32 Å². The Labute approximate surface area is 157 Å². The SMILES string of the molecule is O=C1c2cccnc2[C@@H](Nc2cc([N+](=O)[O-])ccc2F)N1Cc1cccs1. The van der Waals surface area contributed by atoms with E-state index in [1.807, 2.05) is 17.5 Å². The van der Waals surface area contributed by atoms with E-state index in [9.17, 15) is 19.3 Å². The first-order valence-electron chi connectivity index (χ1n) is 8.03. The molecule has 4 rings (SSSR count). The smallest absolute Gasteiger partial charge is 0.271 e. The molecule has 3 aromatic rings. The van der Waals surface area contributed by atoms with Crippen molar-refractivity contribution in [3.05, 3.63) is 86.1 Å². The van der Waals surface area contributed by atoms with Crippen molar-refractivity contribution in [2.75, 3.05) is 5.32 Å². The van der Waals surface area contributed by atoms with Crippen LogP contribution in [0.25, 0.3) is 0 Å². The van der Waals surface area contributed by atoms with Crippen LogP contribution in [-0.4, -0.2) is 20.7 Å². The molecule has 0 fully saturated rings. The molecule has 27 heavy (non-hydrogen) atoms. The van der Waals surface area contributed by atoms with E-state index in [-0.39, 0.29) is 17.3 Å². The predicted octanol–water partition coefficient (Wildman–Crippen LogP) is 3.96. The maximum atomic E-state index is 14.3. The molecule has 0 saturated carbocycles. The van der Waals surface area contributed by atoms with Gasteiger partial charge in [-0.15, -0.1) is 11.3 Å². The number of non-ortho nitro benzene ring substituents is 1. The summed E-state index contributed by atoms with van der Waals surface area (Å²) in [5.74, 6) is -0.872. The monoisotopic (exact) mass is 384 g/mol. The number of fused-ring (bicyclic) bond motifs is 1. The number of aromatic nitrogens is 1. The molecule has 1 aliphatic heterocycles. The van der Waals surface area contributed by atoms with Gasteiger partial charge in [-0.1, -0.05) is 6.07 Å². The zero-order valence-corrected chi connectivity index (χ0v) is 14.6. The summed E-state index contributed by atoms with van der Waals surface area (Å²) in [7, 11) is 0. The molecule has 0 saturated heterocycles. The highest BCUT2D eigenvalue weighted by Gasteiger charge is 2.38. The van der Waals surface area contributed by atoms with E-state index in [4.69, 9.17) is 0 Å². The van der Waals surface area contributed by atoms with Gasteiger partial charge in [0.2, 0.25) is 0 Å². The van der Waals surface area contributed by atoms with Gasteiger partial charge in [0.15, 0.2) is 0 Å². The number of benzene rings is 1. The average molecular weight is 384 g/mol. The largest absolute Gasteiger partial charge is 0.357 e. The summed E-state index contributed by atoms with van der Waals surface area (Å²) < 4.78 is 14.3. The molecule has 9 heteroatoms. The van der Waals surface area contributed by atoms with Crippen LogP contribution >= 0.6 is 11.3 Å². The topological polar surface area (TPSA) is 88.4 Å². The second-order valence-electron chi connectivity index (χ2n) is 5.92. The van der Waals surface area contributed by atoms with Gasteiger partial charge in [0, 0.05) is 23.2 Å². The quantitative estimate of drug-likeness (QED) is 0.531. The summed E-state index contributed by atoms with van der Waals surface area (Å²) in [6.07, 6.45) is 0.825. The Morgan fingerprint density at radius 3 is 2.89 bits per heavy atom. The zero-order valence-electron chi connectivity index (χ0n) is 13.8.